The molecule has 0 aliphatic heterocycles. The zero-order valence-corrected chi connectivity index (χ0v) is 9.89. The molecule has 1 heterocycles. The van der Waals surface area contributed by atoms with Crippen LogP contribution in [0.4, 0.5) is 0 Å². The number of aliphatic hydroxyl groups excluding tert-OH is 1. The standard InChI is InChI=1S/C13H19NO2/c1-9(2)8-10-4-3-7-14(13(10)16)11-5-6-12(11)15/h3-4,7,9,11-12,15H,5-6,8H2,1-2H3/t11-,12-/m0/s1. The highest BCUT2D eigenvalue weighted by molar-refractivity contribution is 5.12. The van der Waals surface area contributed by atoms with Gasteiger partial charge in [-0.15, -0.1) is 0 Å². The normalized spacial score (nSPS) is 24.5. The minimum atomic E-state index is -0.341. The number of hydrogen-bond acceptors (Lipinski definition) is 2. The van der Waals surface area contributed by atoms with Gasteiger partial charge in [-0.1, -0.05) is 19.9 Å². The van der Waals surface area contributed by atoms with E-state index in [4.69, 9.17) is 0 Å². The fourth-order valence-electron chi connectivity index (χ4n) is 2.20. The minimum absolute atomic E-state index is 0.000359. The summed E-state index contributed by atoms with van der Waals surface area (Å²) in [5.74, 6) is 0.481. The lowest BCUT2D eigenvalue weighted by atomic mass is 9.88. The molecule has 1 fully saturated rings. The van der Waals surface area contributed by atoms with Crippen molar-refractivity contribution in [3.05, 3.63) is 34.2 Å². The Bertz CT molecular complexity index is 422. The summed E-state index contributed by atoms with van der Waals surface area (Å²) in [4.78, 5) is 12.1. The molecule has 2 atom stereocenters. The molecular formula is C13H19NO2. The van der Waals surface area contributed by atoms with Gasteiger partial charge in [0.1, 0.15) is 0 Å². The molecule has 16 heavy (non-hydrogen) atoms. The number of hydrogen-bond donors (Lipinski definition) is 1. The van der Waals surface area contributed by atoms with Crippen molar-refractivity contribution >= 4 is 0 Å². The molecule has 0 bridgehead atoms. The Kier molecular flexibility index (Phi) is 3.15. The maximum atomic E-state index is 12.1. The monoisotopic (exact) mass is 221 g/mol. The quantitative estimate of drug-likeness (QED) is 0.844. The van der Waals surface area contributed by atoms with Crippen molar-refractivity contribution in [1.82, 2.24) is 4.57 Å². The highest BCUT2D eigenvalue weighted by Crippen LogP contribution is 2.30. The van der Waals surface area contributed by atoms with E-state index in [9.17, 15) is 9.90 Å². The van der Waals surface area contributed by atoms with Crippen LogP contribution in [0.2, 0.25) is 0 Å². The van der Waals surface area contributed by atoms with Crippen molar-refractivity contribution in [1.29, 1.82) is 0 Å². The van der Waals surface area contributed by atoms with E-state index in [1.54, 1.807) is 10.8 Å². The number of rotatable bonds is 3. The predicted octanol–water partition coefficient (Wildman–Crippen LogP) is 1.74. The first-order valence-electron chi connectivity index (χ1n) is 5.97. The van der Waals surface area contributed by atoms with E-state index in [2.05, 4.69) is 13.8 Å². The first kappa shape index (κ1) is 11.4. The van der Waals surface area contributed by atoms with E-state index in [-0.39, 0.29) is 17.7 Å². The van der Waals surface area contributed by atoms with Crippen LogP contribution in [-0.4, -0.2) is 15.8 Å². The van der Waals surface area contributed by atoms with Gasteiger partial charge in [0.2, 0.25) is 0 Å². The van der Waals surface area contributed by atoms with Crippen molar-refractivity contribution < 1.29 is 5.11 Å². The number of pyridine rings is 1. The third kappa shape index (κ3) is 2.05. The summed E-state index contributed by atoms with van der Waals surface area (Å²) in [5.41, 5.74) is 0.927. The van der Waals surface area contributed by atoms with Crippen LogP contribution in [0.1, 0.15) is 38.3 Å². The average Bonchev–Trinajstić information content (AvgIpc) is 2.21. The van der Waals surface area contributed by atoms with E-state index in [0.29, 0.717) is 5.92 Å². The molecule has 0 amide bonds. The van der Waals surface area contributed by atoms with Gasteiger partial charge >= 0.3 is 0 Å². The van der Waals surface area contributed by atoms with Gasteiger partial charge in [0.15, 0.2) is 0 Å². The minimum Gasteiger partial charge on any atom is -0.391 e. The summed E-state index contributed by atoms with van der Waals surface area (Å²) in [7, 11) is 0. The van der Waals surface area contributed by atoms with Crippen molar-refractivity contribution in [2.75, 3.05) is 0 Å². The molecule has 1 saturated carbocycles. The molecule has 0 radical (unpaired) electrons. The molecule has 1 aromatic rings. The van der Waals surface area contributed by atoms with Crippen LogP contribution in [-0.2, 0) is 6.42 Å². The second kappa shape index (κ2) is 4.42. The number of aliphatic hydroxyl groups is 1. The number of aromatic nitrogens is 1. The van der Waals surface area contributed by atoms with Gasteiger partial charge in [0, 0.05) is 11.8 Å². The van der Waals surface area contributed by atoms with Crippen LogP contribution >= 0.6 is 0 Å². The molecule has 1 aliphatic carbocycles. The maximum absolute atomic E-state index is 12.1. The SMILES string of the molecule is CC(C)Cc1cccn([C@H]2CC[C@@H]2O)c1=O. The Morgan fingerprint density at radius 3 is 2.75 bits per heavy atom. The van der Waals surface area contributed by atoms with Crippen LogP contribution in [0.5, 0.6) is 0 Å². The van der Waals surface area contributed by atoms with Gasteiger partial charge in [-0.05, 0) is 31.2 Å². The first-order chi connectivity index (χ1) is 7.59. The van der Waals surface area contributed by atoms with E-state index in [1.165, 1.54) is 0 Å². The smallest absolute Gasteiger partial charge is 0.254 e. The zero-order chi connectivity index (χ0) is 11.7. The molecule has 1 aromatic heterocycles. The van der Waals surface area contributed by atoms with Crippen molar-refractivity contribution in [2.45, 2.75) is 45.3 Å². The molecule has 2 rings (SSSR count). The molecule has 88 valence electrons. The summed E-state index contributed by atoms with van der Waals surface area (Å²) in [5, 5.41) is 9.60. The van der Waals surface area contributed by atoms with Crippen molar-refractivity contribution in [3.63, 3.8) is 0 Å². The second-order valence-electron chi connectivity index (χ2n) is 5.06. The highest BCUT2D eigenvalue weighted by atomic mass is 16.3. The molecule has 1 aliphatic rings. The lowest BCUT2D eigenvalue weighted by Gasteiger charge is -2.34. The predicted molar refractivity (Wildman–Crippen MR) is 63.5 cm³/mol. The Balaban J connectivity index is 2.29. The molecule has 3 heteroatoms. The lowest BCUT2D eigenvalue weighted by molar-refractivity contribution is 0.0297. The van der Waals surface area contributed by atoms with Crippen molar-refractivity contribution in [2.24, 2.45) is 5.92 Å². The van der Waals surface area contributed by atoms with E-state index in [0.717, 1.165) is 24.8 Å². The van der Waals surface area contributed by atoms with Gasteiger partial charge in [0.05, 0.1) is 12.1 Å². The second-order valence-corrected chi connectivity index (χ2v) is 5.06. The highest BCUT2D eigenvalue weighted by Gasteiger charge is 2.31. The zero-order valence-electron chi connectivity index (χ0n) is 9.89. The summed E-state index contributed by atoms with van der Waals surface area (Å²) in [6.07, 6.45) is 3.98. The number of nitrogens with zero attached hydrogens (tertiary/aromatic N) is 1. The topological polar surface area (TPSA) is 42.2 Å². The van der Waals surface area contributed by atoms with Crippen molar-refractivity contribution in [3.8, 4) is 0 Å². The van der Waals surface area contributed by atoms with Gasteiger partial charge in [-0.25, -0.2) is 0 Å². The van der Waals surface area contributed by atoms with E-state index < -0.39 is 0 Å². The Morgan fingerprint density at radius 1 is 1.50 bits per heavy atom. The van der Waals surface area contributed by atoms with E-state index in [1.807, 2.05) is 12.1 Å². The third-order valence-electron chi connectivity index (χ3n) is 3.24. The Hall–Kier alpha value is -1.09. The Labute approximate surface area is 95.7 Å². The summed E-state index contributed by atoms with van der Waals surface area (Å²) < 4.78 is 1.70. The van der Waals surface area contributed by atoms with E-state index >= 15 is 0 Å². The summed E-state index contributed by atoms with van der Waals surface area (Å²) in [6, 6.07) is 3.80. The fourth-order valence-corrected chi connectivity index (χ4v) is 2.20. The summed E-state index contributed by atoms with van der Waals surface area (Å²) in [6.45, 7) is 4.21. The maximum Gasteiger partial charge on any atom is 0.254 e. The van der Waals surface area contributed by atoms with Crippen LogP contribution in [0.25, 0.3) is 0 Å². The van der Waals surface area contributed by atoms with Gasteiger partial charge < -0.3 is 9.67 Å². The van der Waals surface area contributed by atoms with Crippen LogP contribution in [0, 0.1) is 5.92 Å². The van der Waals surface area contributed by atoms with Crippen LogP contribution in [0.3, 0.4) is 0 Å². The lowest BCUT2D eigenvalue weighted by Crippen LogP contribution is -2.40. The van der Waals surface area contributed by atoms with Gasteiger partial charge in [-0.2, -0.15) is 0 Å². The molecule has 1 N–H and O–H groups in total. The summed E-state index contributed by atoms with van der Waals surface area (Å²) >= 11 is 0. The third-order valence-corrected chi connectivity index (χ3v) is 3.24. The molecular weight excluding hydrogens is 202 g/mol. The average molecular weight is 221 g/mol. The molecule has 0 saturated heterocycles. The van der Waals surface area contributed by atoms with Gasteiger partial charge in [-0.3, -0.25) is 4.79 Å². The largest absolute Gasteiger partial charge is 0.391 e. The van der Waals surface area contributed by atoms with Crippen LogP contribution in [0.15, 0.2) is 23.1 Å². The molecule has 0 spiro atoms. The first-order valence-corrected chi connectivity index (χ1v) is 5.97. The molecule has 0 unspecified atom stereocenters. The molecule has 0 aromatic carbocycles. The fraction of sp³-hybridized carbons (Fsp3) is 0.615. The molecule has 3 nitrogen and oxygen atoms in total. The van der Waals surface area contributed by atoms with Crippen LogP contribution < -0.4 is 5.56 Å². The Morgan fingerprint density at radius 2 is 2.25 bits per heavy atom. The van der Waals surface area contributed by atoms with Gasteiger partial charge in [0.25, 0.3) is 5.56 Å².